The maximum absolute atomic E-state index is 11.7. The molecule has 1 aromatic heterocycles. The van der Waals surface area contributed by atoms with Crippen molar-refractivity contribution in [2.75, 3.05) is 23.8 Å². The van der Waals surface area contributed by atoms with Gasteiger partial charge in [0.1, 0.15) is 0 Å². The van der Waals surface area contributed by atoms with Crippen LogP contribution in [0.1, 0.15) is 19.8 Å². The lowest BCUT2D eigenvalue weighted by Gasteiger charge is -2.10. The second-order valence-electron chi connectivity index (χ2n) is 3.96. The number of hydrogen-bond donors (Lipinski definition) is 1. The first-order valence-corrected chi connectivity index (χ1v) is 7.42. The third-order valence-corrected chi connectivity index (χ3v) is 4.81. The van der Waals surface area contributed by atoms with E-state index in [0.29, 0.717) is 18.1 Å². The van der Waals surface area contributed by atoms with Crippen LogP contribution in [0.5, 0.6) is 0 Å². The molecule has 0 bridgehead atoms. The average Bonchev–Trinajstić information content (AvgIpc) is 2.92. The summed E-state index contributed by atoms with van der Waals surface area (Å²) < 4.78 is 0.905. The molecule has 2 heterocycles. The molecule has 1 aliphatic heterocycles. The standard InChI is InChI=1S/C10H15N3O2S2/c1-2-3-16-10-12-11-9(17-10)13-5-7(6-14)4-8(13)15/h7,14H,2-6H2,1H3. The van der Waals surface area contributed by atoms with Gasteiger partial charge < -0.3 is 5.11 Å². The average molecular weight is 273 g/mol. The van der Waals surface area contributed by atoms with Crippen molar-refractivity contribution in [2.45, 2.75) is 24.1 Å². The van der Waals surface area contributed by atoms with Crippen molar-refractivity contribution in [3.05, 3.63) is 0 Å². The van der Waals surface area contributed by atoms with Crippen molar-refractivity contribution in [2.24, 2.45) is 5.92 Å². The summed E-state index contributed by atoms with van der Waals surface area (Å²) in [5.41, 5.74) is 0. The van der Waals surface area contributed by atoms with E-state index in [0.717, 1.165) is 16.5 Å². The van der Waals surface area contributed by atoms with Crippen LogP contribution in [-0.2, 0) is 4.79 Å². The van der Waals surface area contributed by atoms with E-state index >= 15 is 0 Å². The van der Waals surface area contributed by atoms with Gasteiger partial charge in [0.25, 0.3) is 0 Å². The van der Waals surface area contributed by atoms with Gasteiger partial charge in [-0.25, -0.2) is 0 Å². The van der Waals surface area contributed by atoms with E-state index in [1.807, 2.05) is 0 Å². The molecule has 0 spiro atoms. The molecule has 0 radical (unpaired) electrons. The highest BCUT2D eigenvalue weighted by atomic mass is 32.2. The summed E-state index contributed by atoms with van der Waals surface area (Å²) in [5, 5.41) is 17.8. The van der Waals surface area contributed by atoms with Gasteiger partial charge in [-0.05, 0) is 6.42 Å². The normalized spacial score (nSPS) is 20.2. The number of anilines is 1. The van der Waals surface area contributed by atoms with Crippen LogP contribution < -0.4 is 4.90 Å². The van der Waals surface area contributed by atoms with Crippen molar-refractivity contribution >= 4 is 34.1 Å². The molecule has 1 unspecified atom stereocenters. The molecule has 0 aromatic carbocycles. The molecule has 7 heteroatoms. The zero-order valence-corrected chi connectivity index (χ0v) is 11.3. The lowest BCUT2D eigenvalue weighted by atomic mass is 10.1. The third kappa shape index (κ3) is 2.97. The van der Waals surface area contributed by atoms with Crippen LogP contribution in [0.2, 0.25) is 0 Å². The summed E-state index contributed by atoms with van der Waals surface area (Å²) in [6, 6.07) is 0. The van der Waals surface area contributed by atoms with Gasteiger partial charge >= 0.3 is 0 Å². The topological polar surface area (TPSA) is 66.3 Å². The lowest BCUT2D eigenvalue weighted by Crippen LogP contribution is -2.24. The third-order valence-electron chi connectivity index (χ3n) is 2.52. The second-order valence-corrected chi connectivity index (χ2v) is 6.25. The minimum absolute atomic E-state index is 0.0345. The zero-order chi connectivity index (χ0) is 12.3. The molecule has 0 saturated carbocycles. The van der Waals surface area contributed by atoms with Crippen LogP contribution in [0.4, 0.5) is 5.13 Å². The monoisotopic (exact) mass is 273 g/mol. The van der Waals surface area contributed by atoms with E-state index < -0.39 is 0 Å². The summed E-state index contributed by atoms with van der Waals surface area (Å²) in [6.45, 7) is 2.73. The first kappa shape index (κ1) is 12.8. The van der Waals surface area contributed by atoms with E-state index in [9.17, 15) is 4.79 Å². The fourth-order valence-electron chi connectivity index (χ4n) is 1.65. The molecule has 0 aliphatic carbocycles. The highest BCUT2D eigenvalue weighted by Crippen LogP contribution is 2.31. The summed E-state index contributed by atoms with van der Waals surface area (Å²) in [5.74, 6) is 1.09. The van der Waals surface area contributed by atoms with Crippen LogP contribution >= 0.6 is 23.1 Å². The van der Waals surface area contributed by atoms with Crippen LogP contribution in [0, 0.1) is 5.92 Å². The van der Waals surface area contributed by atoms with Crippen LogP contribution in [0.3, 0.4) is 0 Å². The molecule has 1 saturated heterocycles. The van der Waals surface area contributed by atoms with Gasteiger partial charge in [-0.1, -0.05) is 30.0 Å². The number of aliphatic hydroxyl groups is 1. The Kier molecular flexibility index (Phi) is 4.36. The summed E-state index contributed by atoms with van der Waals surface area (Å²) in [7, 11) is 0. The van der Waals surface area contributed by atoms with E-state index in [1.165, 1.54) is 11.3 Å². The summed E-state index contributed by atoms with van der Waals surface area (Å²) in [4.78, 5) is 13.3. The largest absolute Gasteiger partial charge is 0.396 e. The SMILES string of the molecule is CCCSc1nnc(N2CC(CO)CC2=O)s1. The van der Waals surface area contributed by atoms with E-state index in [2.05, 4.69) is 17.1 Å². The zero-order valence-electron chi connectivity index (χ0n) is 9.63. The number of nitrogens with zero attached hydrogens (tertiary/aromatic N) is 3. The van der Waals surface area contributed by atoms with Crippen LogP contribution in [0.25, 0.3) is 0 Å². The molecule has 1 N–H and O–H groups in total. The van der Waals surface area contributed by atoms with Gasteiger partial charge in [0.05, 0.1) is 0 Å². The molecule has 2 rings (SSSR count). The maximum atomic E-state index is 11.7. The number of carbonyl (C=O) groups is 1. The molecule has 5 nitrogen and oxygen atoms in total. The smallest absolute Gasteiger partial charge is 0.229 e. The number of amides is 1. The number of aliphatic hydroxyl groups excluding tert-OH is 1. The number of aromatic nitrogens is 2. The van der Waals surface area contributed by atoms with Gasteiger partial charge in [-0.3, -0.25) is 9.69 Å². The van der Waals surface area contributed by atoms with Gasteiger partial charge in [0.2, 0.25) is 11.0 Å². The number of hydrogen-bond acceptors (Lipinski definition) is 6. The summed E-state index contributed by atoms with van der Waals surface area (Å²) in [6.07, 6.45) is 1.50. The van der Waals surface area contributed by atoms with Crippen molar-refractivity contribution in [3.63, 3.8) is 0 Å². The number of thioether (sulfide) groups is 1. The van der Waals surface area contributed by atoms with Gasteiger partial charge in [-0.2, -0.15) is 0 Å². The molecular formula is C10H15N3O2S2. The van der Waals surface area contributed by atoms with Gasteiger partial charge in [-0.15, -0.1) is 10.2 Å². The predicted octanol–water partition coefficient (Wildman–Crippen LogP) is 1.39. The van der Waals surface area contributed by atoms with Crippen molar-refractivity contribution in [1.82, 2.24) is 10.2 Å². The molecule has 1 aliphatic rings. The van der Waals surface area contributed by atoms with Crippen LogP contribution in [-0.4, -0.2) is 40.1 Å². The molecule has 17 heavy (non-hydrogen) atoms. The van der Waals surface area contributed by atoms with E-state index in [-0.39, 0.29) is 18.4 Å². The predicted molar refractivity (Wildman–Crippen MR) is 68.5 cm³/mol. The van der Waals surface area contributed by atoms with Gasteiger partial charge in [0, 0.05) is 31.2 Å². The molecule has 1 amide bonds. The molecule has 1 fully saturated rings. The first-order chi connectivity index (χ1) is 8.24. The van der Waals surface area contributed by atoms with Crippen LogP contribution in [0.15, 0.2) is 4.34 Å². The first-order valence-electron chi connectivity index (χ1n) is 5.62. The van der Waals surface area contributed by atoms with Gasteiger partial charge in [0.15, 0.2) is 4.34 Å². The molecule has 94 valence electrons. The minimum Gasteiger partial charge on any atom is -0.396 e. The Labute approximate surface area is 108 Å². The second kappa shape index (κ2) is 5.79. The fraction of sp³-hybridized carbons (Fsp3) is 0.700. The van der Waals surface area contributed by atoms with Crippen molar-refractivity contribution in [1.29, 1.82) is 0 Å². The Morgan fingerprint density at radius 1 is 1.59 bits per heavy atom. The van der Waals surface area contributed by atoms with E-state index in [1.54, 1.807) is 16.7 Å². The highest BCUT2D eigenvalue weighted by molar-refractivity contribution is 8.01. The maximum Gasteiger partial charge on any atom is 0.229 e. The molecular weight excluding hydrogens is 258 g/mol. The lowest BCUT2D eigenvalue weighted by molar-refractivity contribution is -0.117. The quantitative estimate of drug-likeness (QED) is 0.648. The van der Waals surface area contributed by atoms with E-state index in [4.69, 9.17) is 5.11 Å². The molecule has 1 atom stereocenters. The Morgan fingerprint density at radius 3 is 3.06 bits per heavy atom. The Morgan fingerprint density at radius 2 is 2.41 bits per heavy atom. The minimum atomic E-state index is 0.0345. The van der Waals surface area contributed by atoms with Crippen molar-refractivity contribution < 1.29 is 9.90 Å². The number of rotatable bonds is 5. The summed E-state index contributed by atoms with van der Waals surface area (Å²) >= 11 is 3.12. The fourth-order valence-corrected chi connectivity index (χ4v) is 3.44. The molecule has 1 aromatic rings. The van der Waals surface area contributed by atoms with Crippen molar-refractivity contribution in [3.8, 4) is 0 Å². The Hall–Kier alpha value is -0.660. The Bertz CT molecular complexity index is 397. The highest BCUT2D eigenvalue weighted by Gasteiger charge is 2.32. The number of carbonyl (C=O) groups excluding carboxylic acids is 1. The Balaban J connectivity index is 2.02.